The lowest BCUT2D eigenvalue weighted by Crippen LogP contribution is -1.94. The highest BCUT2D eigenvalue weighted by molar-refractivity contribution is 6.36. The second-order valence-corrected chi connectivity index (χ2v) is 18.8. The zero-order chi connectivity index (χ0) is 45.9. The van der Waals surface area contributed by atoms with Crippen LogP contribution in [0.25, 0.3) is 142 Å². The largest absolute Gasteiger partial charge is 0.309 e. The molecule has 15 rings (SSSR count). The molecule has 2 heteroatoms. The van der Waals surface area contributed by atoms with Crippen molar-refractivity contribution in [2.75, 3.05) is 0 Å². The van der Waals surface area contributed by atoms with Crippen molar-refractivity contribution in [1.82, 2.24) is 9.13 Å². The van der Waals surface area contributed by atoms with Crippen LogP contribution in [0.3, 0.4) is 0 Å². The molecule has 324 valence electrons. The quantitative estimate of drug-likeness (QED) is 0.152. The highest BCUT2D eigenvalue weighted by Crippen LogP contribution is 2.46. The molecule has 0 atom stereocenters. The lowest BCUT2D eigenvalue weighted by Gasteiger charge is -2.18. The van der Waals surface area contributed by atoms with Gasteiger partial charge in [-0.15, -0.1) is 0 Å². The fourth-order valence-corrected chi connectivity index (χ4v) is 11.9. The molecule has 0 fully saturated rings. The SMILES string of the molecule is c1ccc(-c2ccc(-n3c4ccccc4c4cc(-c5ccc6c(c5)c5ccccc5n6-c5ccc(-c6cc7c8ccccc8c8ccccc8c7c7c6ccc6ccccc67)cc5)ccc43)cc2)cc1. The van der Waals surface area contributed by atoms with E-state index in [0.717, 1.165) is 11.4 Å². The van der Waals surface area contributed by atoms with Gasteiger partial charge in [0.2, 0.25) is 0 Å². The summed E-state index contributed by atoms with van der Waals surface area (Å²) in [6.07, 6.45) is 0. The fraction of sp³-hybridized carbons (Fsp3) is 0. The van der Waals surface area contributed by atoms with E-state index in [2.05, 4.69) is 264 Å². The standard InChI is InChI=1S/C68H42N2/c1-2-14-43(15-3-1)44-26-33-49(34-27-44)69-63-24-12-10-21-55(63)60-40-47(31-38-65(60)69)48-32-39-66-61(41-48)56-22-11-13-25-64(56)70(66)50-35-28-46(29-36-50)59-42-62-54-20-7-6-18-52(54)53-19-8-9-23-57(53)68(62)67-51-17-5-4-16-45(51)30-37-58(59)67/h1-42H. The zero-order valence-corrected chi connectivity index (χ0v) is 38.1. The second-order valence-electron chi connectivity index (χ2n) is 18.8. The molecular weight excluding hydrogens is 845 g/mol. The summed E-state index contributed by atoms with van der Waals surface area (Å²) in [5.74, 6) is 0. The van der Waals surface area contributed by atoms with Gasteiger partial charge in [-0.25, -0.2) is 0 Å². The molecule has 0 aliphatic rings. The molecule has 0 aliphatic heterocycles. The van der Waals surface area contributed by atoms with Crippen LogP contribution in [0.5, 0.6) is 0 Å². The van der Waals surface area contributed by atoms with Gasteiger partial charge in [0.05, 0.1) is 22.1 Å². The monoisotopic (exact) mass is 886 g/mol. The van der Waals surface area contributed by atoms with Gasteiger partial charge >= 0.3 is 0 Å². The van der Waals surface area contributed by atoms with E-state index < -0.39 is 0 Å². The minimum Gasteiger partial charge on any atom is -0.309 e. The smallest absolute Gasteiger partial charge is 0.0541 e. The number of para-hydroxylation sites is 2. The fourth-order valence-electron chi connectivity index (χ4n) is 11.9. The van der Waals surface area contributed by atoms with E-state index in [4.69, 9.17) is 0 Å². The predicted molar refractivity (Wildman–Crippen MR) is 299 cm³/mol. The number of aromatic nitrogens is 2. The minimum absolute atomic E-state index is 1.14. The third-order valence-corrected chi connectivity index (χ3v) is 15.1. The van der Waals surface area contributed by atoms with Gasteiger partial charge in [0, 0.05) is 32.9 Å². The van der Waals surface area contributed by atoms with Gasteiger partial charge in [-0.1, -0.05) is 188 Å². The Labute approximate surface area is 404 Å². The molecule has 2 nitrogen and oxygen atoms in total. The van der Waals surface area contributed by atoms with Gasteiger partial charge in [0.1, 0.15) is 0 Å². The van der Waals surface area contributed by atoms with Crippen molar-refractivity contribution in [3.05, 3.63) is 255 Å². The molecular formula is C68H42N2. The highest BCUT2D eigenvalue weighted by atomic mass is 15.0. The first-order chi connectivity index (χ1) is 34.7. The molecule has 2 heterocycles. The Hall–Kier alpha value is -9.24. The predicted octanol–water partition coefficient (Wildman–Crippen LogP) is 18.6. The zero-order valence-electron chi connectivity index (χ0n) is 38.1. The molecule has 0 N–H and O–H groups in total. The Morgan fingerprint density at radius 3 is 1.21 bits per heavy atom. The van der Waals surface area contributed by atoms with Crippen LogP contribution in [0.1, 0.15) is 0 Å². The van der Waals surface area contributed by atoms with Crippen molar-refractivity contribution in [1.29, 1.82) is 0 Å². The third-order valence-electron chi connectivity index (χ3n) is 15.1. The van der Waals surface area contributed by atoms with Crippen molar-refractivity contribution in [3.8, 4) is 44.8 Å². The van der Waals surface area contributed by atoms with Crippen molar-refractivity contribution in [3.63, 3.8) is 0 Å². The van der Waals surface area contributed by atoms with E-state index >= 15 is 0 Å². The Morgan fingerprint density at radius 2 is 0.614 bits per heavy atom. The summed E-state index contributed by atoms with van der Waals surface area (Å²) in [5, 5.41) is 17.9. The molecule has 2 aromatic heterocycles. The van der Waals surface area contributed by atoms with Crippen molar-refractivity contribution < 1.29 is 0 Å². The first-order valence-corrected chi connectivity index (χ1v) is 24.2. The maximum Gasteiger partial charge on any atom is 0.0541 e. The third kappa shape index (κ3) is 5.74. The number of hydrogen-bond acceptors (Lipinski definition) is 0. The molecule has 13 aromatic carbocycles. The molecule has 0 unspecified atom stereocenters. The van der Waals surface area contributed by atoms with Crippen LogP contribution < -0.4 is 0 Å². The number of rotatable bonds is 5. The first-order valence-electron chi connectivity index (χ1n) is 24.2. The van der Waals surface area contributed by atoms with Crippen molar-refractivity contribution in [2.45, 2.75) is 0 Å². The van der Waals surface area contributed by atoms with Crippen LogP contribution in [0, 0.1) is 0 Å². The molecule has 0 aliphatic carbocycles. The topological polar surface area (TPSA) is 9.86 Å². The lowest BCUT2D eigenvalue weighted by molar-refractivity contribution is 1.18. The summed E-state index contributed by atoms with van der Waals surface area (Å²) in [6.45, 7) is 0. The summed E-state index contributed by atoms with van der Waals surface area (Å²) >= 11 is 0. The van der Waals surface area contributed by atoms with E-state index in [9.17, 15) is 0 Å². The molecule has 0 saturated carbocycles. The van der Waals surface area contributed by atoms with E-state index in [0.29, 0.717) is 0 Å². The van der Waals surface area contributed by atoms with Gasteiger partial charge in [0.25, 0.3) is 0 Å². The Morgan fingerprint density at radius 1 is 0.200 bits per heavy atom. The van der Waals surface area contributed by atoms with Crippen LogP contribution in [-0.4, -0.2) is 9.13 Å². The van der Waals surface area contributed by atoms with E-state index in [-0.39, 0.29) is 0 Å². The average molecular weight is 887 g/mol. The average Bonchev–Trinajstić information content (AvgIpc) is 3.95. The molecule has 0 spiro atoms. The van der Waals surface area contributed by atoms with Crippen molar-refractivity contribution >= 4 is 97.5 Å². The number of nitrogens with zero attached hydrogens (tertiary/aromatic N) is 2. The summed E-state index contributed by atoms with van der Waals surface area (Å²) in [7, 11) is 0. The number of hydrogen-bond donors (Lipinski definition) is 0. The molecule has 0 saturated heterocycles. The maximum absolute atomic E-state index is 2.45. The molecule has 15 aromatic rings. The van der Waals surface area contributed by atoms with Gasteiger partial charge in [-0.05, 0) is 154 Å². The number of fused-ring (bicyclic) bond motifs is 16. The highest BCUT2D eigenvalue weighted by Gasteiger charge is 2.19. The van der Waals surface area contributed by atoms with E-state index in [1.165, 1.54) is 131 Å². The van der Waals surface area contributed by atoms with Crippen LogP contribution >= 0.6 is 0 Å². The molecule has 0 amide bonds. The Balaban J connectivity index is 0.857. The van der Waals surface area contributed by atoms with Crippen molar-refractivity contribution in [2.24, 2.45) is 0 Å². The first kappa shape index (κ1) is 38.8. The lowest BCUT2D eigenvalue weighted by atomic mass is 9.85. The van der Waals surface area contributed by atoms with Crippen LogP contribution in [0.15, 0.2) is 255 Å². The van der Waals surface area contributed by atoms with E-state index in [1.807, 2.05) is 0 Å². The molecule has 70 heavy (non-hydrogen) atoms. The normalized spacial score (nSPS) is 12.0. The van der Waals surface area contributed by atoms with Gasteiger partial charge in [-0.3, -0.25) is 0 Å². The van der Waals surface area contributed by atoms with E-state index in [1.54, 1.807) is 0 Å². The second kappa shape index (κ2) is 15.1. The minimum atomic E-state index is 1.14. The Bertz CT molecular complexity index is 4600. The van der Waals surface area contributed by atoms with Crippen LogP contribution in [0.2, 0.25) is 0 Å². The van der Waals surface area contributed by atoms with Crippen LogP contribution in [-0.2, 0) is 0 Å². The van der Waals surface area contributed by atoms with Gasteiger partial charge < -0.3 is 9.13 Å². The maximum atomic E-state index is 2.45. The number of benzene rings is 13. The van der Waals surface area contributed by atoms with Gasteiger partial charge in [0.15, 0.2) is 0 Å². The van der Waals surface area contributed by atoms with Crippen LogP contribution in [0.4, 0.5) is 0 Å². The molecule has 0 bridgehead atoms. The Kier molecular flexibility index (Phi) is 8.39. The summed E-state index contributed by atoms with van der Waals surface area (Å²) in [4.78, 5) is 0. The van der Waals surface area contributed by atoms with Gasteiger partial charge in [-0.2, -0.15) is 0 Å². The summed E-state index contributed by atoms with van der Waals surface area (Å²) < 4.78 is 4.84. The summed E-state index contributed by atoms with van der Waals surface area (Å²) in [6, 6.07) is 94.3. The molecule has 0 radical (unpaired) electrons. The summed E-state index contributed by atoms with van der Waals surface area (Å²) in [5.41, 5.74) is 14.4.